The molecule has 0 aromatic heterocycles. The maximum atomic E-state index is 11.6. The van der Waals surface area contributed by atoms with Crippen LogP contribution in [0.1, 0.15) is 0 Å². The van der Waals surface area contributed by atoms with E-state index in [1.165, 1.54) is 0 Å². The van der Waals surface area contributed by atoms with Gasteiger partial charge in [-0.25, -0.2) is 21.3 Å². The van der Waals surface area contributed by atoms with Crippen molar-refractivity contribution in [3.05, 3.63) is 60.7 Å². The molecule has 114 valence electrons. The molecule has 2 aromatic carbocycles. The third-order valence-corrected chi connectivity index (χ3v) is 2.55. The Morgan fingerprint density at radius 1 is 0.682 bits per heavy atom. The molecule has 0 aliphatic rings. The molecule has 8 heteroatoms. The van der Waals surface area contributed by atoms with Crippen LogP contribution >= 0.6 is 0 Å². The number of carbonyl (C=O) groups excluding carboxylic acids is 2. The molecule has 2 rings (SSSR count). The van der Waals surface area contributed by atoms with Crippen LogP contribution in [-0.4, -0.2) is 11.9 Å². The number of hydrazine groups is 2. The van der Waals surface area contributed by atoms with Gasteiger partial charge in [0.25, 0.3) is 0 Å². The number of rotatable bonds is 4. The lowest BCUT2D eigenvalue weighted by molar-refractivity contribution is -0.169. The van der Waals surface area contributed by atoms with E-state index in [0.717, 1.165) is 0 Å². The smallest absolute Gasteiger partial charge is 0.314 e. The number of nitrogens with zero attached hydrogens (tertiary/aromatic N) is 2. The van der Waals surface area contributed by atoms with E-state index in [0.29, 0.717) is 21.7 Å². The van der Waals surface area contributed by atoms with Gasteiger partial charge in [-0.05, 0) is 24.3 Å². The van der Waals surface area contributed by atoms with Crippen molar-refractivity contribution in [1.82, 2.24) is 0 Å². The van der Waals surface area contributed by atoms with Gasteiger partial charge in [0.1, 0.15) is 0 Å². The lowest BCUT2D eigenvalue weighted by Crippen LogP contribution is -2.41. The summed E-state index contributed by atoms with van der Waals surface area (Å²) in [6, 6.07) is 16.7. The summed E-state index contributed by atoms with van der Waals surface area (Å²) in [5.41, 5.74) is 0.771. The van der Waals surface area contributed by atoms with Crippen LogP contribution in [0.4, 0.5) is 11.4 Å². The Hall–Kier alpha value is -3.10. The monoisotopic (exact) mass is 302 g/mol. The van der Waals surface area contributed by atoms with Crippen LogP contribution in [0.25, 0.3) is 0 Å². The van der Waals surface area contributed by atoms with Crippen LogP contribution < -0.4 is 22.0 Å². The van der Waals surface area contributed by atoms with Gasteiger partial charge in [0, 0.05) is 0 Å². The third kappa shape index (κ3) is 3.95. The summed E-state index contributed by atoms with van der Waals surface area (Å²) < 4.78 is 0. The average molecular weight is 302 g/mol. The Labute approximate surface area is 126 Å². The topological polar surface area (TPSA) is 111 Å². The molecule has 0 unspecified atom stereocenters. The van der Waals surface area contributed by atoms with Crippen molar-refractivity contribution < 1.29 is 19.3 Å². The summed E-state index contributed by atoms with van der Waals surface area (Å²) in [6.45, 7) is 0. The maximum Gasteiger partial charge on any atom is 0.445 e. The Bertz CT molecular complexity index is 578. The summed E-state index contributed by atoms with van der Waals surface area (Å²) in [4.78, 5) is 32.5. The zero-order valence-electron chi connectivity index (χ0n) is 11.5. The van der Waals surface area contributed by atoms with Gasteiger partial charge in [-0.3, -0.25) is 0 Å². The number of hydrogen-bond donors (Lipinski definition) is 2. The summed E-state index contributed by atoms with van der Waals surface area (Å²) in [6.07, 6.45) is 0. The van der Waals surface area contributed by atoms with E-state index in [4.69, 9.17) is 11.7 Å². The molecule has 2 aromatic rings. The van der Waals surface area contributed by atoms with E-state index in [-0.39, 0.29) is 0 Å². The van der Waals surface area contributed by atoms with Gasteiger partial charge in [-0.2, -0.15) is 0 Å². The molecular weight excluding hydrogens is 288 g/mol. The second-order valence-corrected chi connectivity index (χ2v) is 4.08. The second-order valence-electron chi connectivity index (χ2n) is 4.08. The van der Waals surface area contributed by atoms with Gasteiger partial charge in [-0.1, -0.05) is 36.4 Å². The van der Waals surface area contributed by atoms with Crippen LogP contribution in [0.5, 0.6) is 0 Å². The fraction of sp³-hybridized carbons (Fsp3) is 0. The molecule has 0 atom stereocenters. The molecule has 22 heavy (non-hydrogen) atoms. The van der Waals surface area contributed by atoms with Crippen molar-refractivity contribution in [1.29, 1.82) is 0 Å². The Morgan fingerprint density at radius 3 is 1.32 bits per heavy atom. The second kappa shape index (κ2) is 7.07. The van der Waals surface area contributed by atoms with Gasteiger partial charge >= 0.3 is 11.9 Å². The molecule has 0 bridgehead atoms. The van der Waals surface area contributed by atoms with Crippen molar-refractivity contribution in [3.8, 4) is 0 Å². The highest BCUT2D eigenvalue weighted by atomic mass is 16.8. The van der Waals surface area contributed by atoms with Gasteiger partial charge in [0.15, 0.2) is 0 Å². The molecule has 0 aliphatic carbocycles. The highest BCUT2D eigenvalue weighted by Gasteiger charge is 2.23. The van der Waals surface area contributed by atoms with Crippen molar-refractivity contribution in [3.63, 3.8) is 0 Å². The molecule has 0 saturated carbocycles. The highest BCUT2D eigenvalue weighted by molar-refractivity contribution is 6.30. The fourth-order valence-electron chi connectivity index (χ4n) is 1.51. The predicted octanol–water partition coefficient (Wildman–Crippen LogP) is 0.663. The fourth-order valence-corrected chi connectivity index (χ4v) is 1.51. The minimum atomic E-state index is -1.31. The SMILES string of the molecule is NN(OC(=O)C(=O)ON(N)c1ccccc1)c1ccccc1. The number of carbonyl (C=O) groups is 2. The zero-order valence-corrected chi connectivity index (χ0v) is 11.5. The molecule has 8 nitrogen and oxygen atoms in total. The first-order chi connectivity index (χ1) is 10.6. The normalized spacial score (nSPS) is 9.73. The van der Waals surface area contributed by atoms with Crippen LogP contribution in [0, 0.1) is 0 Å². The van der Waals surface area contributed by atoms with Crippen molar-refractivity contribution in [2.75, 3.05) is 10.3 Å². The molecule has 0 fully saturated rings. The summed E-state index contributed by atoms with van der Waals surface area (Å²) in [5.74, 6) is 8.41. The third-order valence-electron chi connectivity index (χ3n) is 2.55. The van der Waals surface area contributed by atoms with E-state index in [2.05, 4.69) is 9.68 Å². The van der Waals surface area contributed by atoms with E-state index < -0.39 is 11.9 Å². The van der Waals surface area contributed by atoms with Gasteiger partial charge < -0.3 is 9.68 Å². The molecule has 0 aliphatic heterocycles. The van der Waals surface area contributed by atoms with Crippen LogP contribution in [0.2, 0.25) is 0 Å². The first-order valence-electron chi connectivity index (χ1n) is 6.22. The summed E-state index contributed by atoms with van der Waals surface area (Å²) in [7, 11) is 0. The number of hydrogen-bond acceptors (Lipinski definition) is 8. The summed E-state index contributed by atoms with van der Waals surface area (Å²) in [5, 5.41) is 1.32. The quantitative estimate of drug-likeness (QED) is 0.481. The van der Waals surface area contributed by atoms with E-state index in [1.807, 2.05) is 0 Å². The molecule has 0 spiro atoms. The lowest BCUT2D eigenvalue weighted by atomic mass is 10.3. The summed E-state index contributed by atoms with van der Waals surface area (Å²) >= 11 is 0. The Balaban J connectivity index is 1.91. The molecular formula is C14H14N4O4. The predicted molar refractivity (Wildman–Crippen MR) is 78.4 cm³/mol. The van der Waals surface area contributed by atoms with Crippen molar-refractivity contribution in [2.24, 2.45) is 11.7 Å². The van der Waals surface area contributed by atoms with Gasteiger partial charge in [0.2, 0.25) is 0 Å². The number of anilines is 2. The maximum absolute atomic E-state index is 11.6. The van der Waals surface area contributed by atoms with Gasteiger partial charge in [0.05, 0.1) is 11.4 Å². The Morgan fingerprint density at radius 2 is 1.00 bits per heavy atom. The first kappa shape index (κ1) is 15.3. The minimum Gasteiger partial charge on any atom is -0.314 e. The lowest BCUT2D eigenvalue weighted by Gasteiger charge is -2.18. The van der Waals surface area contributed by atoms with Crippen molar-refractivity contribution in [2.45, 2.75) is 0 Å². The minimum absolute atomic E-state index is 0.385. The zero-order chi connectivity index (χ0) is 15.9. The first-order valence-corrected chi connectivity index (χ1v) is 6.22. The average Bonchev–Trinajstić information content (AvgIpc) is 2.56. The van der Waals surface area contributed by atoms with Crippen LogP contribution in [0.15, 0.2) is 60.7 Å². The van der Waals surface area contributed by atoms with E-state index in [9.17, 15) is 9.59 Å². The Kier molecular flexibility index (Phi) is 4.91. The molecule has 0 amide bonds. The molecule has 0 saturated heterocycles. The highest BCUT2D eigenvalue weighted by Crippen LogP contribution is 2.11. The van der Waals surface area contributed by atoms with Crippen LogP contribution in [-0.2, 0) is 19.3 Å². The standard InChI is InChI=1S/C14H14N4O4/c15-17(11-7-3-1-4-8-11)21-13(19)14(20)22-18(16)12-9-5-2-6-10-12/h1-10H,15-16H2. The van der Waals surface area contributed by atoms with E-state index >= 15 is 0 Å². The molecule has 4 N–H and O–H groups in total. The van der Waals surface area contributed by atoms with Gasteiger partial charge in [-0.15, -0.1) is 10.3 Å². The molecule has 0 heterocycles. The molecule has 0 radical (unpaired) electrons. The largest absolute Gasteiger partial charge is 0.445 e. The number of para-hydroxylation sites is 2. The van der Waals surface area contributed by atoms with E-state index in [1.54, 1.807) is 60.7 Å². The number of benzene rings is 2. The van der Waals surface area contributed by atoms with Crippen LogP contribution in [0.3, 0.4) is 0 Å². The number of nitrogens with two attached hydrogens (primary N) is 2. The van der Waals surface area contributed by atoms with Crippen molar-refractivity contribution >= 4 is 23.3 Å².